The third-order valence-electron chi connectivity index (χ3n) is 3.22. The average Bonchev–Trinajstić information content (AvgIpc) is 2.36. The summed E-state index contributed by atoms with van der Waals surface area (Å²) in [6.45, 7) is 2.25. The lowest BCUT2D eigenvalue weighted by molar-refractivity contribution is 0.562. The van der Waals surface area contributed by atoms with E-state index in [0.29, 0.717) is 5.82 Å². The standard InChI is InChI=1S/C14H27N5/c1-2-3-4-5-6-7-8-9-10-11-12-17-13(15)19-14(16)18-12/h2-11H2,1H3,(H4,15,16,17,18,19). The van der Waals surface area contributed by atoms with E-state index in [1.54, 1.807) is 0 Å². The molecule has 5 heteroatoms. The molecular formula is C14H27N5. The van der Waals surface area contributed by atoms with Crippen molar-refractivity contribution < 1.29 is 0 Å². The Balaban J connectivity index is 2.01. The second-order valence-corrected chi connectivity index (χ2v) is 5.05. The highest BCUT2D eigenvalue weighted by Gasteiger charge is 2.01. The molecule has 0 saturated heterocycles. The number of nitrogens with two attached hydrogens (primary N) is 2. The van der Waals surface area contributed by atoms with Crippen LogP contribution in [0.4, 0.5) is 11.9 Å². The van der Waals surface area contributed by atoms with Gasteiger partial charge in [0, 0.05) is 6.42 Å². The van der Waals surface area contributed by atoms with E-state index in [4.69, 9.17) is 11.5 Å². The first-order valence-corrected chi connectivity index (χ1v) is 7.48. The van der Waals surface area contributed by atoms with Crippen molar-refractivity contribution >= 4 is 11.9 Å². The Kier molecular flexibility index (Phi) is 7.86. The Morgan fingerprint density at radius 3 is 1.68 bits per heavy atom. The summed E-state index contributed by atoms with van der Waals surface area (Å²) < 4.78 is 0. The number of aryl methyl sites for hydroxylation is 1. The zero-order valence-corrected chi connectivity index (χ0v) is 12.1. The molecule has 0 unspecified atom stereocenters. The van der Waals surface area contributed by atoms with Gasteiger partial charge in [-0.1, -0.05) is 58.3 Å². The molecule has 0 radical (unpaired) electrons. The summed E-state index contributed by atoms with van der Waals surface area (Å²) in [6, 6.07) is 0. The predicted molar refractivity (Wildman–Crippen MR) is 79.6 cm³/mol. The van der Waals surface area contributed by atoms with Crippen LogP contribution < -0.4 is 11.5 Å². The fraction of sp³-hybridized carbons (Fsp3) is 0.786. The zero-order chi connectivity index (χ0) is 13.9. The van der Waals surface area contributed by atoms with E-state index >= 15 is 0 Å². The minimum absolute atomic E-state index is 0.221. The topological polar surface area (TPSA) is 90.7 Å². The van der Waals surface area contributed by atoms with E-state index in [2.05, 4.69) is 21.9 Å². The van der Waals surface area contributed by atoms with Crippen LogP contribution in [-0.2, 0) is 6.42 Å². The molecule has 0 aliphatic heterocycles. The lowest BCUT2D eigenvalue weighted by Crippen LogP contribution is -2.06. The lowest BCUT2D eigenvalue weighted by Gasteiger charge is -2.03. The Morgan fingerprint density at radius 1 is 0.684 bits per heavy atom. The van der Waals surface area contributed by atoms with E-state index in [-0.39, 0.29) is 11.9 Å². The molecule has 1 heterocycles. The number of nitrogen functional groups attached to an aromatic ring is 2. The number of aromatic nitrogens is 3. The van der Waals surface area contributed by atoms with Gasteiger partial charge in [-0.05, 0) is 6.42 Å². The monoisotopic (exact) mass is 265 g/mol. The van der Waals surface area contributed by atoms with Crippen LogP contribution in [-0.4, -0.2) is 15.0 Å². The van der Waals surface area contributed by atoms with E-state index in [1.807, 2.05) is 0 Å². The molecule has 0 saturated carbocycles. The molecule has 0 aromatic carbocycles. The first kappa shape index (κ1) is 15.7. The minimum Gasteiger partial charge on any atom is -0.368 e. The highest BCUT2D eigenvalue weighted by Crippen LogP contribution is 2.11. The van der Waals surface area contributed by atoms with Crippen molar-refractivity contribution in [2.45, 2.75) is 71.1 Å². The summed E-state index contributed by atoms with van der Waals surface area (Å²) in [5.74, 6) is 1.16. The van der Waals surface area contributed by atoms with Gasteiger partial charge in [0.15, 0.2) is 0 Å². The first-order chi connectivity index (χ1) is 9.22. The van der Waals surface area contributed by atoms with Crippen LogP contribution in [0.25, 0.3) is 0 Å². The molecule has 0 spiro atoms. The maximum absolute atomic E-state index is 5.53. The Hall–Kier alpha value is -1.39. The van der Waals surface area contributed by atoms with Crippen LogP contribution in [0.2, 0.25) is 0 Å². The first-order valence-electron chi connectivity index (χ1n) is 7.48. The van der Waals surface area contributed by atoms with Crippen LogP contribution in [0.5, 0.6) is 0 Å². The Morgan fingerprint density at radius 2 is 1.16 bits per heavy atom. The van der Waals surface area contributed by atoms with Gasteiger partial charge >= 0.3 is 0 Å². The molecule has 0 atom stereocenters. The molecule has 1 aromatic rings. The van der Waals surface area contributed by atoms with Crippen molar-refractivity contribution in [3.05, 3.63) is 5.82 Å². The van der Waals surface area contributed by atoms with Gasteiger partial charge in [-0.15, -0.1) is 0 Å². The van der Waals surface area contributed by atoms with Gasteiger partial charge < -0.3 is 11.5 Å². The fourth-order valence-corrected chi connectivity index (χ4v) is 2.16. The maximum Gasteiger partial charge on any atom is 0.225 e. The summed E-state index contributed by atoms with van der Waals surface area (Å²) in [6.07, 6.45) is 12.6. The van der Waals surface area contributed by atoms with Gasteiger partial charge in [0.2, 0.25) is 11.9 Å². The Labute approximate surface area is 116 Å². The third kappa shape index (κ3) is 7.59. The largest absolute Gasteiger partial charge is 0.368 e. The molecule has 0 aliphatic carbocycles. The zero-order valence-electron chi connectivity index (χ0n) is 12.1. The predicted octanol–water partition coefficient (Wildman–Crippen LogP) is 3.11. The second-order valence-electron chi connectivity index (χ2n) is 5.05. The SMILES string of the molecule is CCCCCCCCCCCc1nc(N)nc(N)n1. The highest BCUT2D eigenvalue weighted by molar-refractivity contribution is 5.25. The van der Waals surface area contributed by atoms with Gasteiger partial charge in [-0.3, -0.25) is 0 Å². The summed E-state index contributed by atoms with van der Waals surface area (Å²) in [5.41, 5.74) is 11.1. The summed E-state index contributed by atoms with van der Waals surface area (Å²) in [7, 11) is 0. The van der Waals surface area contributed by atoms with E-state index in [0.717, 1.165) is 12.8 Å². The molecule has 108 valence electrons. The van der Waals surface area contributed by atoms with Gasteiger partial charge in [0.25, 0.3) is 0 Å². The average molecular weight is 265 g/mol. The van der Waals surface area contributed by atoms with Gasteiger partial charge in [-0.2, -0.15) is 15.0 Å². The number of nitrogens with zero attached hydrogens (tertiary/aromatic N) is 3. The summed E-state index contributed by atoms with van der Waals surface area (Å²) in [4.78, 5) is 11.9. The molecule has 0 bridgehead atoms. The smallest absolute Gasteiger partial charge is 0.225 e. The van der Waals surface area contributed by atoms with Crippen molar-refractivity contribution in [2.75, 3.05) is 11.5 Å². The summed E-state index contributed by atoms with van der Waals surface area (Å²) >= 11 is 0. The molecule has 0 fully saturated rings. The van der Waals surface area contributed by atoms with E-state index in [1.165, 1.54) is 51.4 Å². The lowest BCUT2D eigenvalue weighted by atomic mass is 10.1. The van der Waals surface area contributed by atoms with Crippen LogP contribution in [0.15, 0.2) is 0 Å². The van der Waals surface area contributed by atoms with Crippen molar-refractivity contribution in [1.29, 1.82) is 0 Å². The number of hydrogen-bond acceptors (Lipinski definition) is 5. The van der Waals surface area contributed by atoms with Crippen LogP contribution in [0, 0.1) is 0 Å². The van der Waals surface area contributed by atoms with E-state index < -0.39 is 0 Å². The number of anilines is 2. The fourth-order valence-electron chi connectivity index (χ4n) is 2.16. The van der Waals surface area contributed by atoms with Gasteiger partial charge in [0.1, 0.15) is 5.82 Å². The van der Waals surface area contributed by atoms with Crippen LogP contribution >= 0.6 is 0 Å². The minimum atomic E-state index is 0.221. The second kappa shape index (κ2) is 9.53. The summed E-state index contributed by atoms with van der Waals surface area (Å²) in [5, 5.41) is 0. The quantitative estimate of drug-likeness (QED) is 0.634. The van der Waals surface area contributed by atoms with E-state index in [9.17, 15) is 0 Å². The molecule has 1 rings (SSSR count). The molecule has 1 aromatic heterocycles. The molecule has 0 aliphatic rings. The molecule has 0 amide bonds. The molecule has 19 heavy (non-hydrogen) atoms. The van der Waals surface area contributed by atoms with Crippen molar-refractivity contribution in [3.8, 4) is 0 Å². The van der Waals surface area contributed by atoms with Crippen molar-refractivity contribution in [2.24, 2.45) is 0 Å². The van der Waals surface area contributed by atoms with Crippen LogP contribution in [0.3, 0.4) is 0 Å². The van der Waals surface area contributed by atoms with Gasteiger partial charge in [-0.25, -0.2) is 0 Å². The van der Waals surface area contributed by atoms with Gasteiger partial charge in [0.05, 0.1) is 0 Å². The molecular weight excluding hydrogens is 238 g/mol. The normalized spacial score (nSPS) is 10.8. The molecule has 5 nitrogen and oxygen atoms in total. The van der Waals surface area contributed by atoms with Crippen molar-refractivity contribution in [1.82, 2.24) is 15.0 Å². The van der Waals surface area contributed by atoms with Crippen molar-refractivity contribution in [3.63, 3.8) is 0 Å². The Bertz CT molecular complexity index is 333. The highest BCUT2D eigenvalue weighted by atomic mass is 15.1. The third-order valence-corrected chi connectivity index (χ3v) is 3.22. The number of hydrogen-bond donors (Lipinski definition) is 2. The van der Waals surface area contributed by atoms with Crippen LogP contribution in [0.1, 0.15) is 70.5 Å². The maximum atomic E-state index is 5.53. The number of rotatable bonds is 10. The molecule has 4 N–H and O–H groups in total. The number of unbranched alkanes of at least 4 members (excludes halogenated alkanes) is 8.